The van der Waals surface area contributed by atoms with E-state index in [0.717, 1.165) is 0 Å². The summed E-state index contributed by atoms with van der Waals surface area (Å²) in [6.07, 6.45) is -0.390. The van der Waals surface area contributed by atoms with E-state index in [9.17, 15) is 18.0 Å². The number of carbonyl (C=O) groups is 2. The van der Waals surface area contributed by atoms with Crippen molar-refractivity contribution in [2.45, 2.75) is 12.8 Å². The molecule has 1 aliphatic rings. The number of morpholine rings is 1. The maximum absolute atomic E-state index is 11.7. The quantitative estimate of drug-likeness (QED) is 0.599. The van der Waals surface area contributed by atoms with Crippen molar-refractivity contribution in [3.63, 3.8) is 0 Å². The number of sulfonamides is 1. The van der Waals surface area contributed by atoms with Crippen molar-refractivity contribution in [3.05, 3.63) is 0 Å². The van der Waals surface area contributed by atoms with Crippen molar-refractivity contribution in [1.29, 1.82) is 0 Å². The van der Waals surface area contributed by atoms with Gasteiger partial charge >= 0.3 is 5.97 Å². The van der Waals surface area contributed by atoms with Gasteiger partial charge in [0.05, 0.1) is 25.4 Å². The summed E-state index contributed by atoms with van der Waals surface area (Å²) in [5, 5.41) is 8.40. The second-order valence-corrected chi connectivity index (χ2v) is 6.03. The molecule has 110 valence electrons. The summed E-state index contributed by atoms with van der Waals surface area (Å²) in [4.78, 5) is 23.6. The zero-order valence-corrected chi connectivity index (χ0v) is 11.3. The molecule has 1 amide bonds. The van der Waals surface area contributed by atoms with E-state index < -0.39 is 28.2 Å². The van der Waals surface area contributed by atoms with Crippen LogP contribution in [0.25, 0.3) is 0 Å². The van der Waals surface area contributed by atoms with E-state index in [-0.39, 0.29) is 18.9 Å². The standard InChI is InChI=1S/C10H18N2O6S/c13-9(12-4-6-18-7-5-12)1-3-11-19(16,17)8-2-10(14)15/h11H,1-8H2,(H,14,15). The lowest BCUT2D eigenvalue weighted by atomic mass is 10.3. The second-order valence-electron chi connectivity index (χ2n) is 4.10. The summed E-state index contributed by atoms with van der Waals surface area (Å²) in [6.45, 7) is 2.01. The number of carboxylic acid groups (broad SMARTS) is 1. The molecule has 19 heavy (non-hydrogen) atoms. The van der Waals surface area contributed by atoms with Gasteiger partial charge in [0.2, 0.25) is 15.9 Å². The molecule has 0 aromatic heterocycles. The summed E-state index contributed by atoms with van der Waals surface area (Å²) in [7, 11) is -3.63. The summed E-state index contributed by atoms with van der Waals surface area (Å²) >= 11 is 0. The molecule has 0 aliphatic carbocycles. The number of nitrogens with one attached hydrogen (secondary N) is 1. The van der Waals surface area contributed by atoms with Crippen LogP contribution in [0.3, 0.4) is 0 Å². The normalized spacial score (nSPS) is 16.3. The minimum Gasteiger partial charge on any atom is -0.481 e. The molecule has 0 radical (unpaired) electrons. The first-order valence-corrected chi connectivity index (χ1v) is 7.60. The molecular weight excluding hydrogens is 276 g/mol. The molecule has 0 bridgehead atoms. The van der Waals surface area contributed by atoms with Gasteiger partial charge in [-0.3, -0.25) is 9.59 Å². The van der Waals surface area contributed by atoms with Gasteiger partial charge in [0.15, 0.2) is 0 Å². The Morgan fingerprint density at radius 2 is 1.84 bits per heavy atom. The number of ether oxygens (including phenoxy) is 1. The van der Waals surface area contributed by atoms with Crippen molar-refractivity contribution in [2.75, 3.05) is 38.6 Å². The van der Waals surface area contributed by atoms with Crippen molar-refractivity contribution in [1.82, 2.24) is 9.62 Å². The average molecular weight is 294 g/mol. The van der Waals surface area contributed by atoms with Crippen LogP contribution in [0.15, 0.2) is 0 Å². The first-order valence-electron chi connectivity index (χ1n) is 5.95. The van der Waals surface area contributed by atoms with E-state index in [0.29, 0.717) is 26.3 Å². The third kappa shape index (κ3) is 6.50. The highest BCUT2D eigenvalue weighted by Gasteiger charge is 2.18. The highest BCUT2D eigenvalue weighted by Crippen LogP contribution is 2.00. The Kier molecular flexibility index (Phi) is 6.19. The first kappa shape index (κ1) is 15.9. The van der Waals surface area contributed by atoms with Gasteiger partial charge in [-0.1, -0.05) is 0 Å². The van der Waals surface area contributed by atoms with Crippen LogP contribution >= 0.6 is 0 Å². The second kappa shape index (κ2) is 7.41. The monoisotopic (exact) mass is 294 g/mol. The summed E-state index contributed by atoms with van der Waals surface area (Å²) in [5.74, 6) is -1.78. The van der Waals surface area contributed by atoms with Crippen LogP contribution in [-0.4, -0.2) is 68.9 Å². The molecule has 0 saturated carbocycles. The van der Waals surface area contributed by atoms with Crippen LogP contribution in [0.5, 0.6) is 0 Å². The number of nitrogens with zero attached hydrogens (tertiary/aromatic N) is 1. The molecule has 0 aromatic carbocycles. The molecule has 1 fully saturated rings. The van der Waals surface area contributed by atoms with Crippen molar-refractivity contribution in [2.24, 2.45) is 0 Å². The smallest absolute Gasteiger partial charge is 0.304 e. The molecule has 8 nitrogen and oxygen atoms in total. The average Bonchev–Trinajstić information content (AvgIpc) is 2.37. The molecule has 0 spiro atoms. The number of aliphatic carboxylic acids is 1. The van der Waals surface area contributed by atoms with E-state index in [1.54, 1.807) is 4.90 Å². The molecule has 0 unspecified atom stereocenters. The van der Waals surface area contributed by atoms with E-state index in [2.05, 4.69) is 4.72 Å². The Morgan fingerprint density at radius 1 is 1.21 bits per heavy atom. The van der Waals surface area contributed by atoms with E-state index in [1.165, 1.54) is 0 Å². The van der Waals surface area contributed by atoms with Gasteiger partial charge in [-0.25, -0.2) is 13.1 Å². The van der Waals surface area contributed by atoms with Crippen LogP contribution < -0.4 is 4.72 Å². The molecule has 0 atom stereocenters. The zero-order valence-electron chi connectivity index (χ0n) is 10.5. The minimum absolute atomic E-state index is 0.0157. The fourth-order valence-electron chi connectivity index (χ4n) is 1.58. The lowest BCUT2D eigenvalue weighted by Gasteiger charge is -2.26. The minimum atomic E-state index is -3.63. The third-order valence-corrected chi connectivity index (χ3v) is 3.99. The number of hydrogen-bond donors (Lipinski definition) is 2. The lowest BCUT2D eigenvalue weighted by molar-refractivity contribution is -0.137. The number of carbonyl (C=O) groups excluding carboxylic acids is 1. The molecule has 1 heterocycles. The number of amides is 1. The summed E-state index contributed by atoms with van der Waals surface area (Å²) < 4.78 is 30.1. The third-order valence-electron chi connectivity index (χ3n) is 2.61. The summed E-state index contributed by atoms with van der Waals surface area (Å²) in [6, 6.07) is 0. The number of rotatable bonds is 7. The first-order chi connectivity index (χ1) is 8.91. The van der Waals surface area contributed by atoms with E-state index in [4.69, 9.17) is 9.84 Å². The topological polar surface area (TPSA) is 113 Å². The van der Waals surface area contributed by atoms with Gasteiger partial charge in [-0.2, -0.15) is 0 Å². The highest BCUT2D eigenvalue weighted by atomic mass is 32.2. The molecule has 1 aliphatic heterocycles. The largest absolute Gasteiger partial charge is 0.481 e. The fraction of sp³-hybridized carbons (Fsp3) is 0.800. The van der Waals surface area contributed by atoms with Crippen LogP contribution in [0.4, 0.5) is 0 Å². The van der Waals surface area contributed by atoms with Crippen LogP contribution in [0, 0.1) is 0 Å². The SMILES string of the molecule is O=C(O)CCS(=O)(=O)NCCC(=O)N1CCOCC1. The highest BCUT2D eigenvalue weighted by molar-refractivity contribution is 7.89. The van der Waals surface area contributed by atoms with Gasteiger partial charge < -0.3 is 14.7 Å². The van der Waals surface area contributed by atoms with Gasteiger partial charge in [-0.05, 0) is 0 Å². The van der Waals surface area contributed by atoms with Crippen molar-refractivity contribution in [3.8, 4) is 0 Å². The van der Waals surface area contributed by atoms with Crippen LogP contribution in [0.1, 0.15) is 12.8 Å². The Morgan fingerprint density at radius 3 is 2.42 bits per heavy atom. The van der Waals surface area contributed by atoms with E-state index >= 15 is 0 Å². The van der Waals surface area contributed by atoms with Gasteiger partial charge in [0, 0.05) is 26.1 Å². The molecule has 0 aromatic rings. The molecule has 1 rings (SSSR count). The van der Waals surface area contributed by atoms with Gasteiger partial charge in [0.1, 0.15) is 0 Å². The predicted molar refractivity (Wildman–Crippen MR) is 66.1 cm³/mol. The molecule has 2 N–H and O–H groups in total. The molecule has 1 saturated heterocycles. The Hall–Kier alpha value is -1.19. The molecular formula is C10H18N2O6S. The summed E-state index contributed by atoms with van der Waals surface area (Å²) in [5.41, 5.74) is 0. The van der Waals surface area contributed by atoms with Gasteiger partial charge in [0.25, 0.3) is 0 Å². The Balaban J connectivity index is 2.25. The number of hydrogen-bond acceptors (Lipinski definition) is 5. The lowest BCUT2D eigenvalue weighted by Crippen LogP contribution is -2.42. The van der Waals surface area contributed by atoms with Crippen LogP contribution in [0.2, 0.25) is 0 Å². The predicted octanol–water partition coefficient (Wildman–Crippen LogP) is -1.37. The Labute approximate surface area is 111 Å². The number of carboxylic acids is 1. The van der Waals surface area contributed by atoms with Gasteiger partial charge in [-0.15, -0.1) is 0 Å². The maximum atomic E-state index is 11.7. The Bertz CT molecular complexity index is 416. The van der Waals surface area contributed by atoms with Crippen LogP contribution in [-0.2, 0) is 24.3 Å². The van der Waals surface area contributed by atoms with E-state index in [1.807, 2.05) is 0 Å². The fourth-order valence-corrected chi connectivity index (χ4v) is 2.58. The maximum Gasteiger partial charge on any atom is 0.304 e. The molecule has 9 heteroatoms. The van der Waals surface area contributed by atoms with Crippen molar-refractivity contribution >= 4 is 21.9 Å². The van der Waals surface area contributed by atoms with Crippen molar-refractivity contribution < 1.29 is 27.9 Å². The zero-order chi connectivity index (χ0) is 14.3.